The third-order valence-electron chi connectivity index (χ3n) is 6.67. The van der Waals surface area contributed by atoms with Gasteiger partial charge in [0.1, 0.15) is 11.6 Å². The van der Waals surface area contributed by atoms with Crippen molar-refractivity contribution in [2.75, 3.05) is 18.0 Å². The van der Waals surface area contributed by atoms with Crippen LogP contribution in [-0.4, -0.2) is 50.8 Å². The number of nitrogens with zero attached hydrogens (tertiary/aromatic N) is 5. The van der Waals surface area contributed by atoms with E-state index >= 15 is 0 Å². The zero-order valence-corrected chi connectivity index (χ0v) is 16.9. The van der Waals surface area contributed by atoms with Gasteiger partial charge in [-0.25, -0.2) is 14.6 Å². The Hall–Kier alpha value is -2.80. The Balaban J connectivity index is 1.48. The van der Waals surface area contributed by atoms with Crippen LogP contribution < -0.4 is 4.90 Å². The summed E-state index contributed by atoms with van der Waals surface area (Å²) in [4.78, 5) is 24.1. The summed E-state index contributed by atoms with van der Waals surface area (Å²) in [6, 6.07) is 10.4. The maximum atomic E-state index is 11.7. The van der Waals surface area contributed by atoms with Crippen LogP contribution in [0.2, 0.25) is 0 Å². The molecular formula is C23H25N5O2. The van der Waals surface area contributed by atoms with Gasteiger partial charge in [-0.2, -0.15) is 5.10 Å². The Morgan fingerprint density at radius 1 is 0.933 bits per heavy atom. The first-order valence-corrected chi connectivity index (χ1v) is 11.0. The molecule has 6 rings (SSSR count). The van der Waals surface area contributed by atoms with E-state index in [9.17, 15) is 4.79 Å². The fourth-order valence-electron chi connectivity index (χ4n) is 5.09. The van der Waals surface area contributed by atoms with Crippen LogP contribution in [0.1, 0.15) is 44.6 Å². The second kappa shape index (κ2) is 7.16. The molecule has 4 heterocycles. The molecule has 2 aromatic heterocycles. The first-order chi connectivity index (χ1) is 14.7. The highest BCUT2D eigenvalue weighted by atomic mass is 16.5. The van der Waals surface area contributed by atoms with Gasteiger partial charge in [-0.3, -0.25) is 4.79 Å². The fourth-order valence-corrected chi connectivity index (χ4v) is 5.09. The molecule has 2 aliphatic heterocycles. The summed E-state index contributed by atoms with van der Waals surface area (Å²) in [5.74, 6) is 2.04. The minimum Gasteiger partial charge on any atom is -0.371 e. The monoisotopic (exact) mass is 403 g/mol. The van der Waals surface area contributed by atoms with E-state index in [0.29, 0.717) is 18.6 Å². The smallest absolute Gasteiger partial charge is 0.164 e. The predicted molar refractivity (Wildman–Crippen MR) is 113 cm³/mol. The van der Waals surface area contributed by atoms with Crippen molar-refractivity contribution in [2.45, 2.75) is 56.8 Å². The molecule has 3 fully saturated rings. The maximum absolute atomic E-state index is 11.7. The van der Waals surface area contributed by atoms with Gasteiger partial charge in [0.25, 0.3) is 0 Å². The maximum Gasteiger partial charge on any atom is 0.164 e. The normalized spacial score (nSPS) is 24.7. The van der Waals surface area contributed by atoms with Crippen LogP contribution in [0.15, 0.2) is 36.5 Å². The molecule has 154 valence electrons. The van der Waals surface area contributed by atoms with Crippen LogP contribution in [0, 0.1) is 0 Å². The van der Waals surface area contributed by atoms with Crippen LogP contribution in [0.3, 0.4) is 0 Å². The number of rotatable bonds is 3. The lowest BCUT2D eigenvalue weighted by Crippen LogP contribution is -2.43. The number of benzene rings is 1. The third-order valence-corrected chi connectivity index (χ3v) is 6.67. The van der Waals surface area contributed by atoms with Gasteiger partial charge in [0, 0.05) is 31.5 Å². The summed E-state index contributed by atoms with van der Waals surface area (Å²) in [6.07, 6.45) is 7.64. The van der Waals surface area contributed by atoms with Gasteiger partial charge in [0.2, 0.25) is 0 Å². The molecule has 0 radical (unpaired) electrons. The van der Waals surface area contributed by atoms with Crippen LogP contribution in [0.4, 0.5) is 5.82 Å². The topological polar surface area (TPSA) is 73.1 Å². The number of ketones is 1. The standard InChI is InChI=1S/C23H25N5O2/c29-17-8-6-16(7-9-17)28-23-20(12-24-28)22(27-13-18-10-11-19(14-27)30-18)25-21(26-23)15-4-2-1-3-5-15/h1-5,12,16,18-19H,6-11,13-14H2. The number of hydrogen-bond donors (Lipinski definition) is 0. The number of anilines is 1. The summed E-state index contributed by atoms with van der Waals surface area (Å²) in [6.45, 7) is 1.72. The molecule has 1 aliphatic carbocycles. The Morgan fingerprint density at radius 2 is 1.67 bits per heavy atom. The minimum atomic E-state index is 0.215. The molecule has 0 spiro atoms. The van der Waals surface area contributed by atoms with E-state index in [-0.39, 0.29) is 18.2 Å². The van der Waals surface area contributed by atoms with Crippen LogP contribution >= 0.6 is 0 Å². The van der Waals surface area contributed by atoms with Crippen molar-refractivity contribution in [3.8, 4) is 11.4 Å². The number of fused-ring (bicyclic) bond motifs is 3. The highest BCUT2D eigenvalue weighted by Gasteiger charge is 2.35. The van der Waals surface area contributed by atoms with E-state index in [1.807, 2.05) is 41.2 Å². The molecule has 2 unspecified atom stereocenters. The molecule has 7 nitrogen and oxygen atoms in total. The van der Waals surface area contributed by atoms with E-state index < -0.39 is 0 Å². The number of morpholine rings is 1. The lowest BCUT2D eigenvalue weighted by Gasteiger charge is -2.33. The Bertz CT molecular complexity index is 1070. The predicted octanol–water partition coefficient (Wildman–Crippen LogP) is 3.55. The van der Waals surface area contributed by atoms with Gasteiger partial charge >= 0.3 is 0 Å². The van der Waals surface area contributed by atoms with Gasteiger partial charge in [-0.15, -0.1) is 0 Å². The number of ether oxygens (including phenoxy) is 1. The zero-order valence-electron chi connectivity index (χ0n) is 16.9. The molecule has 7 heteroatoms. The largest absolute Gasteiger partial charge is 0.371 e. The van der Waals surface area contributed by atoms with Gasteiger partial charge in [0.15, 0.2) is 11.5 Å². The molecule has 0 amide bonds. The molecule has 2 bridgehead atoms. The van der Waals surface area contributed by atoms with E-state index in [4.69, 9.17) is 19.8 Å². The molecule has 1 aromatic carbocycles. The van der Waals surface area contributed by atoms with Crippen molar-refractivity contribution >= 4 is 22.6 Å². The second-order valence-corrected chi connectivity index (χ2v) is 8.70. The summed E-state index contributed by atoms with van der Waals surface area (Å²) >= 11 is 0. The average molecular weight is 403 g/mol. The van der Waals surface area contributed by atoms with Crippen molar-refractivity contribution in [3.05, 3.63) is 36.5 Å². The van der Waals surface area contributed by atoms with Crippen molar-refractivity contribution in [1.29, 1.82) is 0 Å². The molecule has 2 atom stereocenters. The SMILES string of the molecule is O=C1CCC(n2ncc3c(N4CC5CCC(C4)O5)nc(-c4ccccc4)nc32)CC1. The van der Waals surface area contributed by atoms with Gasteiger partial charge in [-0.1, -0.05) is 30.3 Å². The summed E-state index contributed by atoms with van der Waals surface area (Å²) in [7, 11) is 0. The first-order valence-electron chi connectivity index (χ1n) is 11.0. The number of carbonyl (C=O) groups excluding carboxylic acids is 1. The number of hydrogen-bond acceptors (Lipinski definition) is 6. The van der Waals surface area contributed by atoms with Gasteiger partial charge < -0.3 is 9.64 Å². The van der Waals surface area contributed by atoms with E-state index in [1.165, 1.54) is 0 Å². The Labute approximate surface area is 175 Å². The Kier molecular flexibility index (Phi) is 4.30. The second-order valence-electron chi connectivity index (χ2n) is 8.70. The highest BCUT2D eigenvalue weighted by Crippen LogP contribution is 2.35. The van der Waals surface area contributed by atoms with Gasteiger partial charge in [-0.05, 0) is 25.7 Å². The van der Waals surface area contributed by atoms with E-state index in [0.717, 1.165) is 67.0 Å². The lowest BCUT2D eigenvalue weighted by atomic mass is 9.94. The number of Topliss-reactive ketones (excluding diaryl/α,β-unsaturated/α-hetero) is 1. The zero-order chi connectivity index (χ0) is 20.1. The average Bonchev–Trinajstić information content (AvgIpc) is 3.36. The summed E-state index contributed by atoms with van der Waals surface area (Å²) in [5.41, 5.74) is 1.88. The minimum absolute atomic E-state index is 0.215. The van der Waals surface area contributed by atoms with E-state index in [1.54, 1.807) is 0 Å². The first kappa shape index (κ1) is 18.0. The number of carbonyl (C=O) groups is 1. The molecule has 30 heavy (non-hydrogen) atoms. The van der Waals surface area contributed by atoms with Crippen molar-refractivity contribution in [2.24, 2.45) is 0 Å². The Morgan fingerprint density at radius 3 is 2.40 bits per heavy atom. The quantitative estimate of drug-likeness (QED) is 0.666. The molecule has 2 saturated heterocycles. The van der Waals surface area contributed by atoms with Crippen molar-refractivity contribution in [3.63, 3.8) is 0 Å². The van der Waals surface area contributed by atoms with Crippen molar-refractivity contribution < 1.29 is 9.53 Å². The van der Waals surface area contributed by atoms with Crippen LogP contribution in [0.25, 0.3) is 22.4 Å². The fraction of sp³-hybridized carbons (Fsp3) is 0.478. The van der Waals surface area contributed by atoms with Crippen molar-refractivity contribution in [1.82, 2.24) is 19.7 Å². The molecule has 0 N–H and O–H groups in total. The third kappa shape index (κ3) is 3.08. The van der Waals surface area contributed by atoms with Gasteiger partial charge in [0.05, 0.1) is 29.8 Å². The molecule has 1 saturated carbocycles. The summed E-state index contributed by atoms with van der Waals surface area (Å²) in [5, 5.41) is 5.73. The van der Waals surface area contributed by atoms with E-state index in [2.05, 4.69) is 4.90 Å². The van der Waals surface area contributed by atoms with Crippen LogP contribution in [-0.2, 0) is 9.53 Å². The molecular weight excluding hydrogens is 378 g/mol. The molecule has 3 aliphatic rings. The molecule has 3 aromatic rings. The number of aromatic nitrogens is 4. The highest BCUT2D eigenvalue weighted by molar-refractivity contribution is 5.89. The lowest BCUT2D eigenvalue weighted by molar-refractivity contribution is -0.120. The van der Waals surface area contributed by atoms with Crippen LogP contribution in [0.5, 0.6) is 0 Å². The summed E-state index contributed by atoms with van der Waals surface area (Å²) < 4.78 is 8.08.